The van der Waals surface area contributed by atoms with Crippen LogP contribution in [-0.4, -0.2) is 29.6 Å². The number of nitrogens with one attached hydrogen (secondary N) is 1. The van der Waals surface area contributed by atoms with E-state index in [-0.39, 0.29) is 5.91 Å². The Morgan fingerprint density at radius 3 is 2.62 bits per heavy atom. The SMILES string of the molecule is CCNC(=O)CCC[C@H](N)C(=O)O. The average Bonchev–Trinajstić information content (AvgIpc) is 2.04. The molecule has 0 aliphatic rings. The molecule has 0 spiro atoms. The van der Waals surface area contributed by atoms with Crippen LogP contribution in [0.2, 0.25) is 0 Å². The highest BCUT2D eigenvalue weighted by Crippen LogP contribution is 1.98. The summed E-state index contributed by atoms with van der Waals surface area (Å²) in [5.74, 6) is -1.07. The van der Waals surface area contributed by atoms with Gasteiger partial charge in [-0.3, -0.25) is 9.59 Å². The van der Waals surface area contributed by atoms with E-state index in [0.717, 1.165) is 0 Å². The molecule has 0 aliphatic carbocycles. The quantitative estimate of drug-likeness (QED) is 0.533. The first-order chi connectivity index (χ1) is 6.07. The van der Waals surface area contributed by atoms with Crippen LogP contribution in [0.3, 0.4) is 0 Å². The van der Waals surface area contributed by atoms with Gasteiger partial charge in [-0.15, -0.1) is 0 Å². The molecule has 0 saturated heterocycles. The van der Waals surface area contributed by atoms with E-state index >= 15 is 0 Å². The van der Waals surface area contributed by atoms with E-state index in [1.54, 1.807) is 0 Å². The first-order valence-electron chi connectivity index (χ1n) is 4.33. The maximum absolute atomic E-state index is 10.9. The Morgan fingerprint density at radius 1 is 1.54 bits per heavy atom. The largest absolute Gasteiger partial charge is 0.480 e. The third-order valence-corrected chi connectivity index (χ3v) is 1.61. The van der Waals surface area contributed by atoms with Gasteiger partial charge in [0.25, 0.3) is 0 Å². The summed E-state index contributed by atoms with van der Waals surface area (Å²) in [6.45, 7) is 2.44. The zero-order valence-corrected chi connectivity index (χ0v) is 7.75. The van der Waals surface area contributed by atoms with Crippen LogP contribution in [0.5, 0.6) is 0 Å². The van der Waals surface area contributed by atoms with Gasteiger partial charge in [-0.05, 0) is 19.8 Å². The van der Waals surface area contributed by atoms with Gasteiger partial charge in [-0.1, -0.05) is 0 Å². The maximum Gasteiger partial charge on any atom is 0.320 e. The van der Waals surface area contributed by atoms with Crippen LogP contribution in [0.15, 0.2) is 0 Å². The molecule has 1 amide bonds. The summed E-state index contributed by atoms with van der Waals surface area (Å²) >= 11 is 0. The van der Waals surface area contributed by atoms with Gasteiger partial charge in [0.05, 0.1) is 0 Å². The zero-order chi connectivity index (χ0) is 10.3. The first kappa shape index (κ1) is 11.9. The molecular formula is C8H16N2O3. The molecule has 0 aromatic carbocycles. The molecule has 0 aliphatic heterocycles. The molecule has 0 saturated carbocycles. The van der Waals surface area contributed by atoms with Crippen LogP contribution >= 0.6 is 0 Å². The van der Waals surface area contributed by atoms with Crippen LogP contribution < -0.4 is 11.1 Å². The normalized spacial score (nSPS) is 12.2. The molecule has 0 radical (unpaired) electrons. The Bertz CT molecular complexity index is 182. The molecule has 0 aromatic heterocycles. The second-order valence-electron chi connectivity index (χ2n) is 2.79. The second-order valence-corrected chi connectivity index (χ2v) is 2.79. The number of aliphatic carboxylic acids is 1. The van der Waals surface area contributed by atoms with E-state index in [4.69, 9.17) is 10.8 Å². The standard InChI is InChI=1S/C8H16N2O3/c1-2-10-7(11)5-3-4-6(9)8(12)13/h6H,2-5,9H2,1H3,(H,10,11)(H,12,13)/t6-/m0/s1. The number of carboxylic acids is 1. The first-order valence-corrected chi connectivity index (χ1v) is 4.33. The summed E-state index contributed by atoms with van der Waals surface area (Å²) in [7, 11) is 0. The minimum atomic E-state index is -1.02. The molecule has 76 valence electrons. The summed E-state index contributed by atoms with van der Waals surface area (Å²) in [5.41, 5.74) is 5.25. The molecule has 0 rings (SSSR count). The topological polar surface area (TPSA) is 92.4 Å². The molecule has 13 heavy (non-hydrogen) atoms. The van der Waals surface area contributed by atoms with E-state index in [0.29, 0.717) is 25.8 Å². The van der Waals surface area contributed by atoms with Gasteiger partial charge in [0.1, 0.15) is 6.04 Å². The molecule has 4 N–H and O–H groups in total. The fourth-order valence-corrected chi connectivity index (χ4v) is 0.892. The van der Waals surface area contributed by atoms with Gasteiger partial charge < -0.3 is 16.2 Å². The maximum atomic E-state index is 10.9. The van der Waals surface area contributed by atoms with E-state index < -0.39 is 12.0 Å². The molecule has 0 heterocycles. The highest BCUT2D eigenvalue weighted by molar-refractivity contribution is 5.76. The fourth-order valence-electron chi connectivity index (χ4n) is 0.892. The number of hydrogen-bond acceptors (Lipinski definition) is 3. The monoisotopic (exact) mass is 188 g/mol. The van der Waals surface area contributed by atoms with Gasteiger partial charge >= 0.3 is 5.97 Å². The van der Waals surface area contributed by atoms with Crippen molar-refractivity contribution in [2.75, 3.05) is 6.54 Å². The smallest absolute Gasteiger partial charge is 0.320 e. The predicted molar refractivity (Wildman–Crippen MR) is 48.1 cm³/mol. The molecule has 1 atom stereocenters. The fraction of sp³-hybridized carbons (Fsp3) is 0.750. The van der Waals surface area contributed by atoms with Crippen molar-refractivity contribution in [3.63, 3.8) is 0 Å². The van der Waals surface area contributed by atoms with Crippen LogP contribution in [0.4, 0.5) is 0 Å². The summed E-state index contributed by atoms with van der Waals surface area (Å²) < 4.78 is 0. The number of carbonyl (C=O) groups excluding carboxylic acids is 1. The number of hydrogen-bond donors (Lipinski definition) is 3. The van der Waals surface area contributed by atoms with Crippen molar-refractivity contribution in [1.82, 2.24) is 5.32 Å². The number of rotatable bonds is 6. The molecule has 0 aromatic rings. The highest BCUT2D eigenvalue weighted by Gasteiger charge is 2.11. The van der Waals surface area contributed by atoms with Gasteiger partial charge in [-0.2, -0.15) is 0 Å². The molecule has 5 nitrogen and oxygen atoms in total. The van der Waals surface area contributed by atoms with Gasteiger partial charge in [0.2, 0.25) is 5.91 Å². The Morgan fingerprint density at radius 2 is 2.15 bits per heavy atom. The Balaban J connectivity index is 3.44. The lowest BCUT2D eigenvalue weighted by Gasteiger charge is -2.05. The van der Waals surface area contributed by atoms with E-state index in [1.807, 2.05) is 6.92 Å². The van der Waals surface area contributed by atoms with Gasteiger partial charge in [-0.25, -0.2) is 0 Å². The van der Waals surface area contributed by atoms with Crippen molar-refractivity contribution in [2.45, 2.75) is 32.2 Å². The predicted octanol–water partition coefficient (Wildman–Crippen LogP) is -0.295. The van der Waals surface area contributed by atoms with E-state index in [9.17, 15) is 9.59 Å². The van der Waals surface area contributed by atoms with Crippen LogP contribution in [0.1, 0.15) is 26.2 Å². The van der Waals surface area contributed by atoms with Gasteiger partial charge in [0.15, 0.2) is 0 Å². The Hall–Kier alpha value is -1.10. The van der Waals surface area contributed by atoms with Crippen molar-refractivity contribution < 1.29 is 14.7 Å². The minimum absolute atomic E-state index is 0.0555. The highest BCUT2D eigenvalue weighted by atomic mass is 16.4. The lowest BCUT2D eigenvalue weighted by molar-refractivity contribution is -0.138. The molecule has 5 heteroatoms. The van der Waals surface area contributed by atoms with Crippen molar-refractivity contribution in [2.24, 2.45) is 5.73 Å². The summed E-state index contributed by atoms with van der Waals surface area (Å²) in [6.07, 6.45) is 1.20. The molecular weight excluding hydrogens is 172 g/mol. The lowest BCUT2D eigenvalue weighted by Crippen LogP contribution is -2.30. The Labute approximate surface area is 77.3 Å². The van der Waals surface area contributed by atoms with Crippen LogP contribution in [0.25, 0.3) is 0 Å². The minimum Gasteiger partial charge on any atom is -0.480 e. The number of carbonyl (C=O) groups is 2. The van der Waals surface area contributed by atoms with Crippen molar-refractivity contribution in [3.8, 4) is 0 Å². The second kappa shape index (κ2) is 6.42. The van der Waals surface area contributed by atoms with Crippen LogP contribution in [-0.2, 0) is 9.59 Å². The van der Waals surface area contributed by atoms with Crippen molar-refractivity contribution >= 4 is 11.9 Å². The molecule has 0 unspecified atom stereocenters. The summed E-state index contributed by atoms with van der Waals surface area (Å²) in [6, 6.07) is -0.852. The number of amides is 1. The van der Waals surface area contributed by atoms with E-state index in [1.165, 1.54) is 0 Å². The lowest BCUT2D eigenvalue weighted by atomic mass is 10.1. The van der Waals surface area contributed by atoms with E-state index in [2.05, 4.69) is 5.32 Å². The molecule has 0 fully saturated rings. The molecule has 0 bridgehead atoms. The average molecular weight is 188 g/mol. The third-order valence-electron chi connectivity index (χ3n) is 1.61. The number of carboxylic acid groups (broad SMARTS) is 1. The number of nitrogens with two attached hydrogens (primary N) is 1. The Kier molecular flexibility index (Phi) is 5.88. The summed E-state index contributed by atoms with van der Waals surface area (Å²) in [4.78, 5) is 21.2. The van der Waals surface area contributed by atoms with Gasteiger partial charge in [0, 0.05) is 13.0 Å². The van der Waals surface area contributed by atoms with Crippen molar-refractivity contribution in [3.05, 3.63) is 0 Å². The van der Waals surface area contributed by atoms with Crippen LogP contribution in [0, 0.1) is 0 Å². The summed E-state index contributed by atoms with van der Waals surface area (Å²) in [5, 5.41) is 11.0. The zero-order valence-electron chi connectivity index (χ0n) is 7.75. The third kappa shape index (κ3) is 6.10. The van der Waals surface area contributed by atoms with Crippen molar-refractivity contribution in [1.29, 1.82) is 0 Å².